The number of nitrogens with one attached hydrogen (secondary N) is 1. The summed E-state index contributed by atoms with van der Waals surface area (Å²) in [6.45, 7) is 0.283. The van der Waals surface area contributed by atoms with E-state index >= 15 is 0 Å². The first-order valence-electron chi connectivity index (χ1n) is 12.1. The molecule has 0 aromatic heterocycles. The second-order valence-electron chi connectivity index (χ2n) is 8.83. The Morgan fingerprint density at radius 3 is 2.13 bits per heavy atom. The fourth-order valence-electron chi connectivity index (χ4n) is 4.04. The number of benzene rings is 3. The van der Waals surface area contributed by atoms with E-state index in [1.807, 2.05) is 30.3 Å². The van der Waals surface area contributed by atoms with E-state index in [1.165, 1.54) is 35.4 Å². The van der Waals surface area contributed by atoms with Crippen LogP contribution in [0.2, 0.25) is 10.0 Å². The van der Waals surface area contributed by atoms with Gasteiger partial charge in [-0.05, 0) is 41.8 Å². The summed E-state index contributed by atoms with van der Waals surface area (Å²) >= 11 is 12.3. The lowest BCUT2D eigenvalue weighted by molar-refractivity contribution is -0.141. The van der Waals surface area contributed by atoms with Gasteiger partial charge in [0.1, 0.15) is 6.04 Å². The summed E-state index contributed by atoms with van der Waals surface area (Å²) in [5.74, 6) is -0.572. The van der Waals surface area contributed by atoms with Crippen molar-refractivity contribution < 1.29 is 18.0 Å². The largest absolute Gasteiger partial charge is 0.357 e. The average Bonchev–Trinajstić information content (AvgIpc) is 2.93. The smallest absolute Gasteiger partial charge is 0.242 e. The molecule has 2 amide bonds. The first-order chi connectivity index (χ1) is 18.1. The Kier molecular flexibility index (Phi) is 10.7. The third kappa shape index (κ3) is 7.80. The van der Waals surface area contributed by atoms with Crippen LogP contribution in [0.3, 0.4) is 0 Å². The molecule has 0 fully saturated rings. The zero-order chi connectivity index (χ0) is 27.7. The zero-order valence-corrected chi connectivity index (χ0v) is 23.6. The maximum atomic E-state index is 13.6. The van der Waals surface area contributed by atoms with Gasteiger partial charge in [-0.2, -0.15) is 0 Å². The number of carbonyl (C=O) groups excluding carboxylic acids is 2. The van der Waals surface area contributed by atoms with E-state index in [4.69, 9.17) is 23.2 Å². The predicted octanol–water partition coefficient (Wildman–Crippen LogP) is 4.78. The molecule has 0 spiro atoms. The monoisotopic (exact) mass is 575 g/mol. The summed E-state index contributed by atoms with van der Waals surface area (Å²) in [5, 5.41) is 3.41. The Hall–Kier alpha value is -2.91. The number of rotatable bonds is 12. The Balaban J connectivity index is 1.80. The summed E-state index contributed by atoms with van der Waals surface area (Å²) in [6, 6.07) is 21.9. The van der Waals surface area contributed by atoms with Crippen LogP contribution in [0.4, 0.5) is 0 Å². The highest BCUT2D eigenvalue weighted by atomic mass is 35.5. The lowest BCUT2D eigenvalue weighted by Crippen LogP contribution is -2.49. The van der Waals surface area contributed by atoms with Gasteiger partial charge in [0, 0.05) is 40.0 Å². The summed E-state index contributed by atoms with van der Waals surface area (Å²) in [7, 11) is -0.649. The number of hydrogen-bond acceptors (Lipinski definition) is 4. The molecule has 0 aliphatic heterocycles. The quantitative estimate of drug-likeness (QED) is 0.336. The number of sulfonamides is 1. The Labute approximate surface area is 234 Å². The minimum Gasteiger partial charge on any atom is -0.357 e. The van der Waals surface area contributed by atoms with Crippen LogP contribution in [0.1, 0.15) is 24.0 Å². The van der Waals surface area contributed by atoms with Gasteiger partial charge in [-0.3, -0.25) is 9.59 Å². The molecule has 0 saturated heterocycles. The Morgan fingerprint density at radius 1 is 0.895 bits per heavy atom. The second-order valence-corrected chi connectivity index (χ2v) is 11.7. The molecule has 0 aliphatic carbocycles. The molecular weight excluding hydrogens is 545 g/mol. The molecule has 0 aliphatic rings. The van der Waals surface area contributed by atoms with Crippen molar-refractivity contribution in [3.8, 4) is 0 Å². The van der Waals surface area contributed by atoms with Crippen molar-refractivity contribution in [2.75, 3.05) is 20.6 Å². The van der Waals surface area contributed by atoms with E-state index in [0.717, 1.165) is 11.1 Å². The van der Waals surface area contributed by atoms with Gasteiger partial charge in [0.15, 0.2) is 0 Å². The molecule has 0 unspecified atom stereocenters. The summed E-state index contributed by atoms with van der Waals surface area (Å²) < 4.78 is 26.9. The maximum absolute atomic E-state index is 13.6. The van der Waals surface area contributed by atoms with Gasteiger partial charge in [0.05, 0.1) is 14.9 Å². The number of likely N-dealkylation sites (N-methyl/N-ethyl adjacent to an activating group) is 1. The van der Waals surface area contributed by atoms with Crippen molar-refractivity contribution >= 4 is 45.0 Å². The van der Waals surface area contributed by atoms with E-state index in [-0.39, 0.29) is 42.6 Å². The molecule has 1 atom stereocenters. The molecular formula is C28H31Cl2N3O4S. The van der Waals surface area contributed by atoms with Crippen LogP contribution in [0, 0.1) is 0 Å². The number of carbonyl (C=O) groups is 2. The maximum Gasteiger partial charge on any atom is 0.242 e. The van der Waals surface area contributed by atoms with Crippen molar-refractivity contribution in [2.24, 2.45) is 0 Å². The second kappa shape index (κ2) is 13.8. The molecule has 3 aromatic rings. The van der Waals surface area contributed by atoms with Gasteiger partial charge in [-0.1, -0.05) is 77.8 Å². The molecule has 7 nitrogen and oxygen atoms in total. The zero-order valence-electron chi connectivity index (χ0n) is 21.3. The van der Waals surface area contributed by atoms with E-state index in [2.05, 4.69) is 5.32 Å². The van der Waals surface area contributed by atoms with Gasteiger partial charge in [-0.25, -0.2) is 12.7 Å². The van der Waals surface area contributed by atoms with Gasteiger partial charge in [-0.15, -0.1) is 0 Å². The van der Waals surface area contributed by atoms with E-state index < -0.39 is 16.1 Å². The topological polar surface area (TPSA) is 86.8 Å². The normalized spacial score (nSPS) is 12.2. The lowest BCUT2D eigenvalue weighted by atomic mass is 10.0. The highest BCUT2D eigenvalue weighted by Gasteiger charge is 2.30. The molecule has 3 rings (SSSR count). The summed E-state index contributed by atoms with van der Waals surface area (Å²) in [5.41, 5.74) is 1.63. The number of halogens is 2. The summed E-state index contributed by atoms with van der Waals surface area (Å²) in [6.07, 6.45) is 0.652. The minimum atomic E-state index is -3.67. The van der Waals surface area contributed by atoms with Gasteiger partial charge in [0.2, 0.25) is 21.8 Å². The van der Waals surface area contributed by atoms with Gasteiger partial charge < -0.3 is 10.2 Å². The van der Waals surface area contributed by atoms with Crippen LogP contribution < -0.4 is 5.32 Å². The molecule has 3 aromatic carbocycles. The fraction of sp³-hybridized carbons (Fsp3) is 0.286. The first-order valence-corrected chi connectivity index (χ1v) is 14.3. The third-order valence-electron chi connectivity index (χ3n) is 6.17. The van der Waals surface area contributed by atoms with Gasteiger partial charge >= 0.3 is 0 Å². The molecule has 38 heavy (non-hydrogen) atoms. The molecule has 0 saturated carbocycles. The van der Waals surface area contributed by atoms with Crippen LogP contribution >= 0.6 is 23.2 Å². The van der Waals surface area contributed by atoms with Crippen molar-refractivity contribution in [1.82, 2.24) is 14.5 Å². The summed E-state index contributed by atoms with van der Waals surface area (Å²) in [4.78, 5) is 28.3. The molecule has 0 heterocycles. The molecule has 0 radical (unpaired) electrons. The van der Waals surface area contributed by atoms with Crippen LogP contribution in [-0.4, -0.2) is 56.1 Å². The van der Waals surface area contributed by atoms with Crippen LogP contribution in [0.25, 0.3) is 0 Å². The Bertz CT molecular complexity index is 1340. The van der Waals surface area contributed by atoms with Crippen LogP contribution in [0.5, 0.6) is 0 Å². The van der Waals surface area contributed by atoms with Crippen molar-refractivity contribution in [3.05, 3.63) is 100 Å². The number of hydrogen-bond donors (Lipinski definition) is 1. The van der Waals surface area contributed by atoms with E-state index in [0.29, 0.717) is 16.5 Å². The SMILES string of the molecule is CNC(=O)[C@H](Cc1ccccc1)N(Cc1ccc(Cl)c(Cl)c1)C(=O)CCCN(C)S(=O)(=O)c1ccccc1. The average molecular weight is 577 g/mol. The fourth-order valence-corrected chi connectivity index (χ4v) is 5.60. The highest BCUT2D eigenvalue weighted by molar-refractivity contribution is 7.89. The van der Waals surface area contributed by atoms with E-state index in [1.54, 1.807) is 36.4 Å². The number of amides is 2. The lowest BCUT2D eigenvalue weighted by Gasteiger charge is -2.31. The van der Waals surface area contributed by atoms with E-state index in [9.17, 15) is 18.0 Å². The predicted molar refractivity (Wildman–Crippen MR) is 151 cm³/mol. The molecule has 1 N–H and O–H groups in total. The van der Waals surface area contributed by atoms with Crippen molar-refractivity contribution in [1.29, 1.82) is 0 Å². The Morgan fingerprint density at radius 2 is 1.53 bits per heavy atom. The minimum absolute atomic E-state index is 0.0538. The standard InChI is InChI=1S/C28H31Cl2N3O4S/c1-31-28(35)26(19-21-10-5-3-6-11-21)33(20-22-15-16-24(29)25(30)18-22)27(34)14-9-17-32(2)38(36,37)23-12-7-4-8-13-23/h3-8,10-13,15-16,18,26H,9,14,17,19-20H2,1-2H3,(H,31,35)/t26-/m0/s1. The molecule has 0 bridgehead atoms. The first kappa shape index (κ1) is 29.6. The number of nitrogens with zero attached hydrogens (tertiary/aromatic N) is 2. The van der Waals surface area contributed by atoms with Crippen molar-refractivity contribution in [3.63, 3.8) is 0 Å². The molecule has 202 valence electrons. The van der Waals surface area contributed by atoms with Crippen LogP contribution in [-0.2, 0) is 32.6 Å². The molecule has 10 heteroatoms. The van der Waals surface area contributed by atoms with Gasteiger partial charge in [0.25, 0.3) is 0 Å². The third-order valence-corrected chi connectivity index (χ3v) is 8.78. The highest BCUT2D eigenvalue weighted by Crippen LogP contribution is 2.25. The van der Waals surface area contributed by atoms with Crippen molar-refractivity contribution in [2.45, 2.75) is 36.7 Å². The van der Waals surface area contributed by atoms with Crippen LogP contribution in [0.15, 0.2) is 83.8 Å².